The van der Waals surface area contributed by atoms with E-state index in [2.05, 4.69) is 6.07 Å². The van der Waals surface area contributed by atoms with Gasteiger partial charge in [0.1, 0.15) is 11.5 Å². The summed E-state index contributed by atoms with van der Waals surface area (Å²) in [6, 6.07) is 17.3. The molecule has 0 bridgehead atoms. The van der Waals surface area contributed by atoms with Crippen molar-refractivity contribution in [2.24, 2.45) is 0 Å². The number of allylic oxidation sites excluding steroid dienone is 1. The first-order valence-electron chi connectivity index (χ1n) is 6.17. The summed E-state index contributed by atoms with van der Waals surface area (Å²) in [5, 5.41) is 9.32. The third kappa shape index (κ3) is 2.99. The van der Waals surface area contributed by atoms with Crippen molar-refractivity contribution in [3.05, 3.63) is 59.7 Å². The largest absolute Gasteiger partial charge is 0.497 e. The van der Waals surface area contributed by atoms with E-state index in [1.807, 2.05) is 48.5 Å². The van der Waals surface area contributed by atoms with Gasteiger partial charge in [-0.2, -0.15) is 5.26 Å². The minimum Gasteiger partial charge on any atom is -0.497 e. The second-order valence-electron chi connectivity index (χ2n) is 4.14. The van der Waals surface area contributed by atoms with Gasteiger partial charge in [0.15, 0.2) is 0 Å². The average molecular weight is 265 g/mol. The van der Waals surface area contributed by atoms with Crippen LogP contribution in [0, 0.1) is 11.3 Å². The highest BCUT2D eigenvalue weighted by atomic mass is 16.5. The van der Waals surface area contributed by atoms with E-state index in [9.17, 15) is 5.26 Å². The number of nitriles is 1. The van der Waals surface area contributed by atoms with Crippen molar-refractivity contribution in [1.29, 1.82) is 5.26 Å². The van der Waals surface area contributed by atoms with E-state index in [0.717, 1.165) is 16.9 Å². The number of nitrogens with zero attached hydrogens (tertiary/aromatic N) is 1. The molecule has 0 saturated heterocycles. The third-order valence-corrected chi connectivity index (χ3v) is 2.95. The SMILES string of the molecule is COc1ccc(/C=C(/C#N)c2ccccc2)c(OC)c1. The van der Waals surface area contributed by atoms with Gasteiger partial charge in [-0.1, -0.05) is 30.3 Å². The molecule has 0 saturated carbocycles. The van der Waals surface area contributed by atoms with Gasteiger partial charge >= 0.3 is 0 Å². The van der Waals surface area contributed by atoms with Crippen LogP contribution < -0.4 is 9.47 Å². The normalized spacial score (nSPS) is 10.8. The van der Waals surface area contributed by atoms with Gasteiger partial charge < -0.3 is 9.47 Å². The minimum absolute atomic E-state index is 0.592. The predicted octanol–water partition coefficient (Wildman–Crippen LogP) is 3.77. The Labute approximate surface area is 118 Å². The molecule has 0 radical (unpaired) electrons. The molecule has 100 valence electrons. The maximum atomic E-state index is 9.32. The van der Waals surface area contributed by atoms with Gasteiger partial charge in [-0.05, 0) is 23.8 Å². The van der Waals surface area contributed by atoms with Crippen LogP contribution >= 0.6 is 0 Å². The maximum Gasteiger partial charge on any atom is 0.129 e. The number of hydrogen-bond donors (Lipinski definition) is 0. The van der Waals surface area contributed by atoms with Crippen molar-refractivity contribution in [3.8, 4) is 17.6 Å². The summed E-state index contributed by atoms with van der Waals surface area (Å²) in [5.74, 6) is 1.39. The minimum atomic E-state index is 0.592. The Morgan fingerprint density at radius 2 is 1.80 bits per heavy atom. The zero-order chi connectivity index (χ0) is 14.4. The quantitative estimate of drug-likeness (QED) is 0.624. The molecular weight excluding hydrogens is 250 g/mol. The summed E-state index contributed by atoms with van der Waals surface area (Å²) in [5.41, 5.74) is 2.32. The summed E-state index contributed by atoms with van der Waals surface area (Å²) in [7, 11) is 3.20. The fourth-order valence-electron chi connectivity index (χ4n) is 1.89. The molecule has 3 nitrogen and oxygen atoms in total. The molecule has 2 aromatic carbocycles. The van der Waals surface area contributed by atoms with E-state index in [0.29, 0.717) is 11.3 Å². The van der Waals surface area contributed by atoms with Gasteiger partial charge in [-0.15, -0.1) is 0 Å². The summed E-state index contributed by atoms with van der Waals surface area (Å²) in [4.78, 5) is 0. The van der Waals surface area contributed by atoms with Crippen LogP contribution in [-0.4, -0.2) is 14.2 Å². The molecule has 0 fully saturated rings. The average Bonchev–Trinajstić information content (AvgIpc) is 2.53. The van der Waals surface area contributed by atoms with Crippen LogP contribution in [0.2, 0.25) is 0 Å². The molecule has 0 amide bonds. The first-order valence-corrected chi connectivity index (χ1v) is 6.17. The predicted molar refractivity (Wildman–Crippen MR) is 79.5 cm³/mol. The Balaban J connectivity index is 2.46. The van der Waals surface area contributed by atoms with Crippen LogP contribution in [0.5, 0.6) is 11.5 Å². The summed E-state index contributed by atoms with van der Waals surface area (Å²) in [6.45, 7) is 0. The van der Waals surface area contributed by atoms with Crippen molar-refractivity contribution in [3.63, 3.8) is 0 Å². The lowest BCUT2D eigenvalue weighted by molar-refractivity contribution is 0.394. The van der Waals surface area contributed by atoms with Crippen LogP contribution in [0.4, 0.5) is 0 Å². The van der Waals surface area contributed by atoms with Crippen molar-refractivity contribution >= 4 is 11.6 Å². The molecule has 0 atom stereocenters. The van der Waals surface area contributed by atoms with Gasteiger partial charge in [0.25, 0.3) is 0 Å². The molecule has 20 heavy (non-hydrogen) atoms. The number of methoxy groups -OCH3 is 2. The summed E-state index contributed by atoms with van der Waals surface area (Å²) < 4.78 is 10.5. The summed E-state index contributed by atoms with van der Waals surface area (Å²) in [6.07, 6.45) is 1.81. The monoisotopic (exact) mass is 265 g/mol. The van der Waals surface area contributed by atoms with Gasteiger partial charge in [0, 0.05) is 11.6 Å². The van der Waals surface area contributed by atoms with Crippen LogP contribution in [0.1, 0.15) is 11.1 Å². The van der Waals surface area contributed by atoms with Crippen LogP contribution in [-0.2, 0) is 0 Å². The Morgan fingerprint density at radius 1 is 1.05 bits per heavy atom. The Hall–Kier alpha value is -2.73. The number of rotatable bonds is 4. The molecule has 0 aromatic heterocycles. The van der Waals surface area contributed by atoms with Crippen LogP contribution in [0.15, 0.2) is 48.5 Å². The van der Waals surface area contributed by atoms with Crippen LogP contribution in [0.25, 0.3) is 11.6 Å². The molecule has 2 rings (SSSR count). The highest BCUT2D eigenvalue weighted by Crippen LogP contribution is 2.28. The van der Waals surface area contributed by atoms with Gasteiger partial charge in [0.2, 0.25) is 0 Å². The Kier molecular flexibility index (Phi) is 4.41. The molecule has 0 aliphatic heterocycles. The van der Waals surface area contributed by atoms with E-state index < -0.39 is 0 Å². The molecule has 0 unspecified atom stereocenters. The Morgan fingerprint density at radius 3 is 2.40 bits per heavy atom. The molecule has 0 N–H and O–H groups in total. The molecule has 0 aliphatic rings. The van der Waals surface area contributed by atoms with E-state index in [1.165, 1.54) is 0 Å². The lowest BCUT2D eigenvalue weighted by Crippen LogP contribution is -1.90. The molecule has 0 aliphatic carbocycles. The highest BCUT2D eigenvalue weighted by molar-refractivity contribution is 5.90. The van der Waals surface area contributed by atoms with Gasteiger partial charge in [0.05, 0.1) is 25.9 Å². The zero-order valence-electron chi connectivity index (χ0n) is 11.5. The molecule has 3 heteroatoms. The van der Waals surface area contributed by atoms with Crippen molar-refractivity contribution < 1.29 is 9.47 Å². The molecular formula is C17H15NO2. The number of hydrogen-bond acceptors (Lipinski definition) is 3. The maximum absolute atomic E-state index is 9.32. The van der Waals surface area contributed by atoms with E-state index in [-0.39, 0.29) is 0 Å². The van der Waals surface area contributed by atoms with Crippen molar-refractivity contribution in [2.75, 3.05) is 14.2 Å². The van der Waals surface area contributed by atoms with Crippen molar-refractivity contribution in [2.45, 2.75) is 0 Å². The second kappa shape index (κ2) is 6.44. The Bertz CT molecular complexity index is 654. The first-order chi connectivity index (χ1) is 9.78. The molecule has 0 spiro atoms. The smallest absolute Gasteiger partial charge is 0.129 e. The topological polar surface area (TPSA) is 42.2 Å². The molecule has 2 aromatic rings. The van der Waals surface area contributed by atoms with E-state index >= 15 is 0 Å². The van der Waals surface area contributed by atoms with Gasteiger partial charge in [-0.25, -0.2) is 0 Å². The molecule has 0 heterocycles. The second-order valence-corrected chi connectivity index (χ2v) is 4.14. The third-order valence-electron chi connectivity index (χ3n) is 2.95. The zero-order valence-corrected chi connectivity index (χ0v) is 11.5. The highest BCUT2D eigenvalue weighted by Gasteiger charge is 2.06. The summed E-state index contributed by atoms with van der Waals surface area (Å²) >= 11 is 0. The number of benzene rings is 2. The lowest BCUT2D eigenvalue weighted by Gasteiger charge is -2.08. The fraction of sp³-hybridized carbons (Fsp3) is 0.118. The van der Waals surface area contributed by atoms with Crippen molar-refractivity contribution in [1.82, 2.24) is 0 Å². The van der Waals surface area contributed by atoms with Gasteiger partial charge in [-0.3, -0.25) is 0 Å². The lowest BCUT2D eigenvalue weighted by atomic mass is 10.0. The van der Waals surface area contributed by atoms with Crippen LogP contribution in [0.3, 0.4) is 0 Å². The van der Waals surface area contributed by atoms with E-state index in [4.69, 9.17) is 9.47 Å². The number of ether oxygens (including phenoxy) is 2. The fourth-order valence-corrected chi connectivity index (χ4v) is 1.89. The van der Waals surface area contributed by atoms with E-state index in [1.54, 1.807) is 20.3 Å². The first kappa shape index (κ1) is 13.7. The standard InChI is InChI=1S/C17H15NO2/c1-19-16-9-8-14(17(11-16)20-2)10-15(12-18)13-6-4-3-5-7-13/h3-11H,1-2H3/b15-10-.